The maximum Gasteiger partial charge on any atom is 0.320 e. The second-order valence-corrected chi connectivity index (χ2v) is 3.32. The lowest BCUT2D eigenvalue weighted by Crippen LogP contribution is -2.29. The van der Waals surface area contributed by atoms with Crippen molar-refractivity contribution in [2.24, 2.45) is 11.7 Å². The lowest BCUT2D eigenvalue weighted by Gasteiger charge is -2.04. The molecular formula is C8H15NO2. The molecule has 0 amide bonds. The highest BCUT2D eigenvalue weighted by Gasteiger charge is 2.21. The number of hydrogen-bond donors (Lipinski definition) is 2. The second-order valence-electron chi connectivity index (χ2n) is 3.32. The predicted molar refractivity (Wildman–Crippen MR) is 42.2 cm³/mol. The Labute approximate surface area is 66.6 Å². The van der Waals surface area contributed by atoms with Crippen LogP contribution in [0.25, 0.3) is 0 Å². The van der Waals surface area contributed by atoms with Gasteiger partial charge in [0, 0.05) is 0 Å². The summed E-state index contributed by atoms with van der Waals surface area (Å²) in [4.78, 5) is 10.3. The fraction of sp³-hybridized carbons (Fsp3) is 0.875. The summed E-state index contributed by atoms with van der Waals surface area (Å²) in [6.45, 7) is 0. The largest absolute Gasteiger partial charge is 0.480 e. The summed E-state index contributed by atoms with van der Waals surface area (Å²) < 4.78 is 0. The Hall–Kier alpha value is -0.570. The first-order valence-electron chi connectivity index (χ1n) is 4.18. The van der Waals surface area contributed by atoms with E-state index in [1.165, 1.54) is 19.3 Å². The standard InChI is InChI=1S/C8H15NO2/c9-7(8(10)11)3-1-2-6-4-5-6/h6-7H,1-5,9H2,(H,10,11)/t7-/m1/s1. The van der Waals surface area contributed by atoms with Crippen molar-refractivity contribution in [2.75, 3.05) is 0 Å². The van der Waals surface area contributed by atoms with E-state index in [1.54, 1.807) is 0 Å². The highest BCUT2D eigenvalue weighted by atomic mass is 16.4. The van der Waals surface area contributed by atoms with Crippen molar-refractivity contribution in [2.45, 2.75) is 38.1 Å². The number of rotatable bonds is 5. The molecule has 3 nitrogen and oxygen atoms in total. The lowest BCUT2D eigenvalue weighted by molar-refractivity contribution is -0.138. The van der Waals surface area contributed by atoms with Crippen LogP contribution in [-0.4, -0.2) is 17.1 Å². The minimum atomic E-state index is -0.874. The third kappa shape index (κ3) is 3.37. The summed E-state index contributed by atoms with van der Waals surface area (Å²) in [5.74, 6) is 0.0109. The fourth-order valence-corrected chi connectivity index (χ4v) is 1.16. The van der Waals surface area contributed by atoms with Crippen LogP contribution in [0.5, 0.6) is 0 Å². The van der Waals surface area contributed by atoms with Crippen molar-refractivity contribution in [3.05, 3.63) is 0 Å². The summed E-state index contributed by atoms with van der Waals surface area (Å²) in [5.41, 5.74) is 5.32. The third-order valence-corrected chi connectivity index (χ3v) is 2.14. The van der Waals surface area contributed by atoms with Gasteiger partial charge in [-0.05, 0) is 12.3 Å². The van der Waals surface area contributed by atoms with Gasteiger partial charge in [0.2, 0.25) is 0 Å². The fourth-order valence-electron chi connectivity index (χ4n) is 1.16. The summed E-state index contributed by atoms with van der Waals surface area (Å²) in [6.07, 6.45) is 5.44. The summed E-state index contributed by atoms with van der Waals surface area (Å²) >= 11 is 0. The van der Waals surface area contributed by atoms with Crippen molar-refractivity contribution in [3.8, 4) is 0 Å². The summed E-state index contributed by atoms with van der Waals surface area (Å²) in [5, 5.41) is 8.44. The maximum atomic E-state index is 10.3. The first kappa shape index (κ1) is 8.53. The van der Waals surface area contributed by atoms with Crippen LogP contribution in [0.2, 0.25) is 0 Å². The molecule has 0 unspecified atom stereocenters. The van der Waals surface area contributed by atoms with Gasteiger partial charge in [0.05, 0.1) is 0 Å². The quantitative estimate of drug-likeness (QED) is 0.625. The van der Waals surface area contributed by atoms with Crippen LogP contribution in [-0.2, 0) is 4.79 Å². The third-order valence-electron chi connectivity index (χ3n) is 2.14. The Bertz CT molecular complexity index is 143. The number of nitrogens with two attached hydrogens (primary N) is 1. The average molecular weight is 157 g/mol. The van der Waals surface area contributed by atoms with Gasteiger partial charge >= 0.3 is 5.97 Å². The molecule has 0 radical (unpaired) electrons. The summed E-state index contributed by atoms with van der Waals surface area (Å²) in [7, 11) is 0. The minimum Gasteiger partial charge on any atom is -0.480 e. The van der Waals surface area contributed by atoms with Crippen LogP contribution in [0.4, 0.5) is 0 Å². The van der Waals surface area contributed by atoms with Crippen LogP contribution in [0, 0.1) is 5.92 Å². The Morgan fingerprint density at radius 3 is 2.73 bits per heavy atom. The van der Waals surface area contributed by atoms with Crippen LogP contribution in [0.1, 0.15) is 32.1 Å². The molecule has 3 N–H and O–H groups in total. The smallest absolute Gasteiger partial charge is 0.320 e. The van der Waals surface area contributed by atoms with Crippen molar-refractivity contribution in [3.63, 3.8) is 0 Å². The van der Waals surface area contributed by atoms with Gasteiger partial charge in [-0.1, -0.05) is 25.7 Å². The highest BCUT2D eigenvalue weighted by Crippen LogP contribution is 2.33. The molecule has 1 fully saturated rings. The zero-order chi connectivity index (χ0) is 8.27. The van der Waals surface area contributed by atoms with Gasteiger partial charge in [0.15, 0.2) is 0 Å². The van der Waals surface area contributed by atoms with Crippen LogP contribution in [0.15, 0.2) is 0 Å². The SMILES string of the molecule is N[C@H](CCCC1CC1)C(=O)O. The normalized spacial score (nSPS) is 19.7. The molecule has 64 valence electrons. The van der Waals surface area contributed by atoms with E-state index in [0.29, 0.717) is 6.42 Å². The first-order valence-corrected chi connectivity index (χ1v) is 4.18. The van der Waals surface area contributed by atoms with Crippen molar-refractivity contribution in [1.82, 2.24) is 0 Å². The molecule has 1 saturated carbocycles. The van der Waals surface area contributed by atoms with E-state index in [9.17, 15) is 4.79 Å². The monoisotopic (exact) mass is 157 g/mol. The molecule has 0 aromatic carbocycles. The van der Waals surface area contributed by atoms with E-state index in [0.717, 1.165) is 12.3 Å². The summed E-state index contributed by atoms with van der Waals surface area (Å²) in [6, 6.07) is -0.645. The van der Waals surface area contributed by atoms with Crippen molar-refractivity contribution < 1.29 is 9.90 Å². The van der Waals surface area contributed by atoms with Crippen LogP contribution < -0.4 is 5.73 Å². The molecule has 0 aromatic heterocycles. The molecule has 3 heteroatoms. The molecule has 1 aliphatic rings. The Morgan fingerprint density at radius 1 is 1.64 bits per heavy atom. The molecule has 0 heterocycles. The second kappa shape index (κ2) is 3.72. The van der Waals surface area contributed by atoms with E-state index in [1.807, 2.05) is 0 Å². The van der Waals surface area contributed by atoms with Crippen LogP contribution in [0.3, 0.4) is 0 Å². The predicted octanol–water partition coefficient (Wildman–Crippen LogP) is 0.979. The van der Waals surface area contributed by atoms with Crippen molar-refractivity contribution >= 4 is 5.97 Å². The van der Waals surface area contributed by atoms with Crippen molar-refractivity contribution in [1.29, 1.82) is 0 Å². The number of carboxylic acids is 1. The van der Waals surface area contributed by atoms with E-state index < -0.39 is 12.0 Å². The molecule has 1 rings (SSSR count). The molecule has 0 spiro atoms. The minimum absolute atomic E-state index is 0.631. The zero-order valence-electron chi connectivity index (χ0n) is 6.62. The van der Waals surface area contributed by atoms with Crippen LogP contribution >= 0.6 is 0 Å². The zero-order valence-corrected chi connectivity index (χ0v) is 6.62. The Morgan fingerprint density at radius 2 is 2.27 bits per heavy atom. The highest BCUT2D eigenvalue weighted by molar-refractivity contribution is 5.72. The average Bonchev–Trinajstić information content (AvgIpc) is 2.71. The molecule has 1 aliphatic carbocycles. The topological polar surface area (TPSA) is 63.3 Å². The maximum absolute atomic E-state index is 10.3. The number of carbonyl (C=O) groups is 1. The van der Waals surface area contributed by atoms with E-state index in [-0.39, 0.29) is 0 Å². The van der Waals surface area contributed by atoms with Gasteiger partial charge in [-0.2, -0.15) is 0 Å². The first-order chi connectivity index (χ1) is 5.20. The number of aliphatic carboxylic acids is 1. The number of carboxylic acid groups (broad SMARTS) is 1. The lowest BCUT2D eigenvalue weighted by atomic mass is 10.1. The molecule has 0 aliphatic heterocycles. The molecule has 0 bridgehead atoms. The molecular weight excluding hydrogens is 142 g/mol. The van der Waals surface area contributed by atoms with E-state index >= 15 is 0 Å². The Kier molecular flexibility index (Phi) is 2.88. The van der Waals surface area contributed by atoms with Gasteiger partial charge in [0.1, 0.15) is 6.04 Å². The van der Waals surface area contributed by atoms with Gasteiger partial charge in [0.25, 0.3) is 0 Å². The van der Waals surface area contributed by atoms with E-state index in [2.05, 4.69) is 0 Å². The van der Waals surface area contributed by atoms with Gasteiger partial charge in [-0.15, -0.1) is 0 Å². The number of hydrogen-bond acceptors (Lipinski definition) is 2. The van der Waals surface area contributed by atoms with Gasteiger partial charge < -0.3 is 10.8 Å². The molecule has 1 atom stereocenters. The van der Waals surface area contributed by atoms with E-state index in [4.69, 9.17) is 10.8 Å². The molecule has 11 heavy (non-hydrogen) atoms. The van der Waals surface area contributed by atoms with Gasteiger partial charge in [-0.25, -0.2) is 0 Å². The molecule has 0 saturated heterocycles. The van der Waals surface area contributed by atoms with Gasteiger partial charge in [-0.3, -0.25) is 4.79 Å². The molecule has 0 aromatic rings. The Balaban J connectivity index is 1.96.